The standard InChI is InChI=1S/C21H25N3O2/c1-16-9-11-17(12-10-16)14-22-20(25)18-6-5-13-24(15-18)21(26)23-19-7-3-2-4-8-19/h2-4,7-12,18H,5-6,13-15H2,1H3,(H,22,25)(H,23,26). The Kier molecular flexibility index (Phi) is 5.89. The molecule has 26 heavy (non-hydrogen) atoms. The Morgan fingerprint density at radius 3 is 2.54 bits per heavy atom. The van der Waals surface area contributed by atoms with Gasteiger partial charge in [-0.05, 0) is 37.5 Å². The number of nitrogens with zero attached hydrogens (tertiary/aromatic N) is 1. The van der Waals surface area contributed by atoms with Crippen LogP contribution in [0.5, 0.6) is 0 Å². The van der Waals surface area contributed by atoms with Crippen LogP contribution in [0.3, 0.4) is 0 Å². The third-order valence-electron chi connectivity index (χ3n) is 4.69. The maximum atomic E-state index is 12.5. The second-order valence-corrected chi connectivity index (χ2v) is 6.78. The van der Waals surface area contributed by atoms with Crippen molar-refractivity contribution >= 4 is 17.6 Å². The number of rotatable bonds is 4. The van der Waals surface area contributed by atoms with Gasteiger partial charge in [0.25, 0.3) is 0 Å². The van der Waals surface area contributed by atoms with Crippen LogP contribution in [-0.4, -0.2) is 29.9 Å². The van der Waals surface area contributed by atoms with Crippen LogP contribution in [0.4, 0.5) is 10.5 Å². The number of aryl methyl sites for hydroxylation is 1. The predicted molar refractivity (Wildman–Crippen MR) is 103 cm³/mol. The Bertz CT molecular complexity index is 744. The summed E-state index contributed by atoms with van der Waals surface area (Å²) in [7, 11) is 0. The molecule has 1 atom stereocenters. The summed E-state index contributed by atoms with van der Waals surface area (Å²) in [6, 6.07) is 17.4. The van der Waals surface area contributed by atoms with E-state index in [1.165, 1.54) is 5.56 Å². The van der Waals surface area contributed by atoms with E-state index in [2.05, 4.69) is 10.6 Å². The molecule has 3 amide bonds. The van der Waals surface area contributed by atoms with Crippen LogP contribution in [-0.2, 0) is 11.3 Å². The zero-order valence-electron chi connectivity index (χ0n) is 15.1. The fourth-order valence-corrected chi connectivity index (χ4v) is 3.14. The number of piperidine rings is 1. The van der Waals surface area contributed by atoms with Crippen LogP contribution in [0.1, 0.15) is 24.0 Å². The van der Waals surface area contributed by atoms with E-state index in [0.29, 0.717) is 19.6 Å². The SMILES string of the molecule is Cc1ccc(CNC(=O)C2CCCN(C(=O)Nc3ccccc3)C2)cc1. The molecule has 5 nitrogen and oxygen atoms in total. The summed E-state index contributed by atoms with van der Waals surface area (Å²) in [5, 5.41) is 5.89. The molecule has 0 saturated carbocycles. The molecule has 2 aromatic rings. The van der Waals surface area contributed by atoms with Crippen LogP contribution in [0.15, 0.2) is 54.6 Å². The van der Waals surface area contributed by atoms with Gasteiger partial charge in [-0.15, -0.1) is 0 Å². The second kappa shape index (κ2) is 8.52. The minimum atomic E-state index is -0.157. The van der Waals surface area contributed by atoms with Crippen molar-refractivity contribution in [1.29, 1.82) is 0 Å². The highest BCUT2D eigenvalue weighted by molar-refractivity contribution is 5.90. The van der Waals surface area contributed by atoms with Gasteiger partial charge in [-0.2, -0.15) is 0 Å². The molecule has 136 valence electrons. The van der Waals surface area contributed by atoms with Gasteiger partial charge in [0.2, 0.25) is 5.91 Å². The topological polar surface area (TPSA) is 61.4 Å². The van der Waals surface area contributed by atoms with E-state index >= 15 is 0 Å². The predicted octanol–water partition coefficient (Wildman–Crippen LogP) is 3.56. The summed E-state index contributed by atoms with van der Waals surface area (Å²) in [4.78, 5) is 26.7. The molecule has 2 N–H and O–H groups in total. The molecule has 1 aliphatic heterocycles. The molecule has 0 bridgehead atoms. The minimum Gasteiger partial charge on any atom is -0.352 e. The first-order chi connectivity index (χ1) is 12.6. The van der Waals surface area contributed by atoms with Crippen LogP contribution >= 0.6 is 0 Å². The summed E-state index contributed by atoms with van der Waals surface area (Å²) in [5.74, 6) is -0.140. The lowest BCUT2D eigenvalue weighted by Crippen LogP contribution is -2.46. The summed E-state index contributed by atoms with van der Waals surface area (Å²) in [6.45, 7) is 3.70. The number of urea groups is 1. The van der Waals surface area contributed by atoms with E-state index in [1.807, 2.05) is 61.5 Å². The zero-order chi connectivity index (χ0) is 18.4. The van der Waals surface area contributed by atoms with Crippen molar-refractivity contribution in [2.75, 3.05) is 18.4 Å². The molecular formula is C21H25N3O2. The van der Waals surface area contributed by atoms with Crippen molar-refractivity contribution in [3.8, 4) is 0 Å². The third-order valence-corrected chi connectivity index (χ3v) is 4.69. The first-order valence-electron chi connectivity index (χ1n) is 9.06. The van der Waals surface area contributed by atoms with Gasteiger partial charge in [-0.3, -0.25) is 4.79 Å². The molecule has 0 spiro atoms. The quantitative estimate of drug-likeness (QED) is 0.885. The molecule has 0 radical (unpaired) electrons. The van der Waals surface area contributed by atoms with Gasteiger partial charge >= 0.3 is 6.03 Å². The Labute approximate surface area is 154 Å². The Hall–Kier alpha value is -2.82. The third kappa shape index (κ3) is 4.85. The number of hydrogen-bond donors (Lipinski definition) is 2. The lowest BCUT2D eigenvalue weighted by Gasteiger charge is -2.32. The van der Waals surface area contributed by atoms with Crippen molar-refractivity contribution in [3.05, 3.63) is 65.7 Å². The number of amides is 3. The van der Waals surface area contributed by atoms with Gasteiger partial charge in [0.05, 0.1) is 5.92 Å². The summed E-state index contributed by atoms with van der Waals surface area (Å²) >= 11 is 0. The minimum absolute atomic E-state index is 0.0165. The number of benzene rings is 2. The van der Waals surface area contributed by atoms with Gasteiger partial charge in [-0.25, -0.2) is 4.79 Å². The first kappa shape index (κ1) is 18.0. The number of hydrogen-bond acceptors (Lipinski definition) is 2. The molecule has 1 fully saturated rings. The van der Waals surface area contributed by atoms with Crippen LogP contribution in [0.25, 0.3) is 0 Å². The van der Waals surface area contributed by atoms with Gasteiger partial charge < -0.3 is 15.5 Å². The number of carbonyl (C=O) groups is 2. The maximum Gasteiger partial charge on any atom is 0.321 e. The average molecular weight is 351 g/mol. The molecule has 0 aliphatic carbocycles. The molecule has 5 heteroatoms. The maximum absolute atomic E-state index is 12.5. The van der Waals surface area contributed by atoms with Crippen molar-refractivity contribution in [2.24, 2.45) is 5.92 Å². The lowest BCUT2D eigenvalue weighted by molar-refractivity contribution is -0.126. The zero-order valence-corrected chi connectivity index (χ0v) is 15.1. The fourth-order valence-electron chi connectivity index (χ4n) is 3.14. The number of carbonyl (C=O) groups excluding carboxylic acids is 2. The Morgan fingerprint density at radius 1 is 1.08 bits per heavy atom. The van der Waals surface area contributed by atoms with Crippen LogP contribution in [0, 0.1) is 12.8 Å². The van der Waals surface area contributed by atoms with Crippen molar-refractivity contribution in [3.63, 3.8) is 0 Å². The summed E-state index contributed by atoms with van der Waals surface area (Å²) < 4.78 is 0. The summed E-state index contributed by atoms with van der Waals surface area (Å²) in [5.41, 5.74) is 3.05. The van der Waals surface area contributed by atoms with Crippen LogP contribution < -0.4 is 10.6 Å². The van der Waals surface area contributed by atoms with E-state index < -0.39 is 0 Å². The molecular weight excluding hydrogens is 326 g/mol. The van der Waals surface area contributed by atoms with E-state index in [0.717, 1.165) is 24.1 Å². The monoisotopic (exact) mass is 351 g/mol. The highest BCUT2D eigenvalue weighted by Crippen LogP contribution is 2.18. The second-order valence-electron chi connectivity index (χ2n) is 6.78. The Morgan fingerprint density at radius 2 is 1.81 bits per heavy atom. The van der Waals surface area contributed by atoms with Gasteiger partial charge in [-0.1, -0.05) is 48.0 Å². The molecule has 0 aromatic heterocycles. The number of para-hydroxylation sites is 1. The number of anilines is 1. The van der Waals surface area contributed by atoms with Crippen molar-refractivity contribution in [2.45, 2.75) is 26.3 Å². The molecule has 1 saturated heterocycles. The van der Waals surface area contributed by atoms with Gasteiger partial charge in [0, 0.05) is 25.3 Å². The highest BCUT2D eigenvalue weighted by Gasteiger charge is 2.28. The van der Waals surface area contributed by atoms with Crippen LogP contribution in [0.2, 0.25) is 0 Å². The normalized spacial score (nSPS) is 16.8. The average Bonchev–Trinajstić information content (AvgIpc) is 2.68. The van der Waals surface area contributed by atoms with E-state index in [1.54, 1.807) is 4.90 Å². The highest BCUT2D eigenvalue weighted by atomic mass is 16.2. The van der Waals surface area contributed by atoms with E-state index in [4.69, 9.17) is 0 Å². The van der Waals surface area contributed by atoms with Gasteiger partial charge in [0.15, 0.2) is 0 Å². The van der Waals surface area contributed by atoms with Gasteiger partial charge in [0.1, 0.15) is 0 Å². The van der Waals surface area contributed by atoms with Crippen molar-refractivity contribution in [1.82, 2.24) is 10.2 Å². The lowest BCUT2D eigenvalue weighted by atomic mass is 9.97. The van der Waals surface area contributed by atoms with Crippen molar-refractivity contribution < 1.29 is 9.59 Å². The molecule has 2 aromatic carbocycles. The van der Waals surface area contributed by atoms with E-state index in [-0.39, 0.29) is 17.9 Å². The molecule has 1 heterocycles. The number of nitrogens with one attached hydrogen (secondary N) is 2. The molecule has 1 aliphatic rings. The largest absolute Gasteiger partial charge is 0.352 e. The Balaban J connectivity index is 1.51. The summed E-state index contributed by atoms with van der Waals surface area (Å²) in [6.07, 6.45) is 1.65. The molecule has 1 unspecified atom stereocenters. The van der Waals surface area contributed by atoms with E-state index in [9.17, 15) is 9.59 Å². The number of likely N-dealkylation sites (tertiary alicyclic amines) is 1. The first-order valence-corrected chi connectivity index (χ1v) is 9.06. The molecule has 3 rings (SSSR count). The smallest absolute Gasteiger partial charge is 0.321 e. The fraction of sp³-hybridized carbons (Fsp3) is 0.333.